The van der Waals surface area contributed by atoms with Crippen LogP contribution in [0.15, 0.2) is 28.9 Å². The molecule has 0 bridgehead atoms. The monoisotopic (exact) mass is 380 g/mol. The van der Waals surface area contributed by atoms with Gasteiger partial charge in [-0.15, -0.1) is 0 Å². The number of amides is 1. The molecule has 0 saturated heterocycles. The molecule has 0 saturated carbocycles. The van der Waals surface area contributed by atoms with E-state index in [1.54, 1.807) is 25.3 Å². The molecule has 3 aromatic rings. The van der Waals surface area contributed by atoms with Crippen LogP contribution >= 0.6 is 0 Å². The van der Waals surface area contributed by atoms with E-state index in [4.69, 9.17) is 4.52 Å². The Morgan fingerprint density at radius 3 is 2.70 bits per heavy atom. The summed E-state index contributed by atoms with van der Waals surface area (Å²) < 4.78 is 44.2. The first-order valence-corrected chi connectivity index (χ1v) is 7.84. The average Bonchev–Trinajstić information content (AvgIpc) is 3.21. The molecular weight excluding hydrogens is 365 g/mol. The first-order valence-electron chi connectivity index (χ1n) is 7.84. The van der Waals surface area contributed by atoms with Gasteiger partial charge in [0.15, 0.2) is 5.69 Å². The van der Waals surface area contributed by atoms with Gasteiger partial charge in [-0.05, 0) is 26.0 Å². The van der Waals surface area contributed by atoms with Crippen molar-refractivity contribution in [3.63, 3.8) is 0 Å². The number of pyridine rings is 1. The first kappa shape index (κ1) is 18.5. The van der Waals surface area contributed by atoms with Gasteiger partial charge in [0.25, 0.3) is 5.91 Å². The number of alkyl halides is 3. The number of aromatic nitrogens is 5. The van der Waals surface area contributed by atoms with Crippen LogP contribution in [0.1, 0.15) is 40.7 Å². The number of nitrogens with one attached hydrogen (secondary N) is 1. The molecule has 3 rings (SSSR count). The van der Waals surface area contributed by atoms with Crippen molar-refractivity contribution < 1.29 is 22.5 Å². The van der Waals surface area contributed by atoms with E-state index in [2.05, 4.69) is 25.5 Å². The lowest BCUT2D eigenvalue weighted by molar-refractivity contribution is -0.141. The SMILES string of the molecule is Cc1cc(-c2noc(C(C)NC(=O)c3cc(C(F)(F)F)nn3C)n2)ccn1. The highest BCUT2D eigenvalue weighted by Gasteiger charge is 2.35. The fourth-order valence-electron chi connectivity index (χ4n) is 2.36. The number of nitrogens with zero attached hydrogens (tertiary/aromatic N) is 5. The van der Waals surface area contributed by atoms with Crippen LogP contribution in [0, 0.1) is 6.92 Å². The molecule has 1 unspecified atom stereocenters. The second kappa shape index (κ2) is 6.82. The lowest BCUT2D eigenvalue weighted by Gasteiger charge is -2.09. The smallest absolute Gasteiger partial charge is 0.339 e. The van der Waals surface area contributed by atoms with E-state index >= 15 is 0 Å². The van der Waals surface area contributed by atoms with Crippen LogP contribution < -0.4 is 5.32 Å². The second-order valence-corrected chi connectivity index (χ2v) is 5.87. The zero-order chi connectivity index (χ0) is 19.8. The van der Waals surface area contributed by atoms with Crippen LogP contribution in [0.3, 0.4) is 0 Å². The Morgan fingerprint density at radius 2 is 2.07 bits per heavy atom. The number of carbonyl (C=O) groups is 1. The van der Waals surface area contributed by atoms with Gasteiger partial charge in [-0.25, -0.2) is 0 Å². The number of rotatable bonds is 4. The molecule has 0 spiro atoms. The molecule has 0 aliphatic heterocycles. The maximum absolute atomic E-state index is 12.7. The zero-order valence-electron chi connectivity index (χ0n) is 14.6. The second-order valence-electron chi connectivity index (χ2n) is 5.87. The van der Waals surface area contributed by atoms with Gasteiger partial charge >= 0.3 is 6.18 Å². The first-order chi connectivity index (χ1) is 12.6. The minimum Gasteiger partial charge on any atom is -0.339 e. The fourth-order valence-corrected chi connectivity index (χ4v) is 2.36. The van der Waals surface area contributed by atoms with Crippen molar-refractivity contribution in [2.45, 2.75) is 26.1 Å². The topological polar surface area (TPSA) is 98.7 Å². The summed E-state index contributed by atoms with van der Waals surface area (Å²) in [5, 5.41) is 9.68. The van der Waals surface area contributed by atoms with Gasteiger partial charge in [0.1, 0.15) is 11.7 Å². The molecule has 27 heavy (non-hydrogen) atoms. The molecule has 8 nitrogen and oxygen atoms in total. The molecule has 11 heteroatoms. The van der Waals surface area contributed by atoms with Gasteiger partial charge < -0.3 is 9.84 Å². The summed E-state index contributed by atoms with van der Waals surface area (Å²) in [5.74, 6) is -0.310. The molecule has 142 valence electrons. The summed E-state index contributed by atoms with van der Waals surface area (Å²) in [6.45, 7) is 3.39. The van der Waals surface area contributed by atoms with E-state index in [1.807, 2.05) is 6.92 Å². The van der Waals surface area contributed by atoms with Gasteiger partial charge in [-0.1, -0.05) is 5.16 Å². The normalized spacial score (nSPS) is 12.8. The molecular formula is C16H15F3N6O2. The van der Waals surface area contributed by atoms with Gasteiger partial charge in [0.2, 0.25) is 11.7 Å². The fraction of sp³-hybridized carbons (Fsp3) is 0.312. The van der Waals surface area contributed by atoms with Crippen molar-refractivity contribution >= 4 is 5.91 Å². The zero-order valence-corrected chi connectivity index (χ0v) is 14.6. The summed E-state index contributed by atoms with van der Waals surface area (Å²) in [6.07, 6.45) is -3.03. The highest BCUT2D eigenvalue weighted by atomic mass is 19.4. The summed E-state index contributed by atoms with van der Waals surface area (Å²) in [4.78, 5) is 20.6. The predicted octanol–water partition coefficient (Wildman–Crippen LogP) is 2.68. The lowest BCUT2D eigenvalue weighted by atomic mass is 10.2. The highest BCUT2D eigenvalue weighted by Crippen LogP contribution is 2.28. The van der Waals surface area contributed by atoms with Gasteiger partial charge in [0.05, 0.1) is 0 Å². The molecule has 1 atom stereocenters. The summed E-state index contributed by atoms with van der Waals surface area (Å²) in [6, 6.07) is 3.44. The van der Waals surface area contributed by atoms with Crippen LogP contribution in [0.5, 0.6) is 0 Å². The number of hydrogen-bond acceptors (Lipinski definition) is 6. The van der Waals surface area contributed by atoms with Crippen molar-refractivity contribution in [1.82, 2.24) is 30.2 Å². The molecule has 0 radical (unpaired) electrons. The Hall–Kier alpha value is -3.24. The van der Waals surface area contributed by atoms with E-state index in [9.17, 15) is 18.0 Å². The van der Waals surface area contributed by atoms with E-state index in [0.717, 1.165) is 10.4 Å². The van der Waals surface area contributed by atoms with Crippen molar-refractivity contribution in [2.75, 3.05) is 0 Å². The van der Waals surface area contributed by atoms with Crippen molar-refractivity contribution in [1.29, 1.82) is 0 Å². The lowest BCUT2D eigenvalue weighted by Crippen LogP contribution is -2.28. The van der Waals surface area contributed by atoms with Crippen LogP contribution in [-0.2, 0) is 13.2 Å². The van der Waals surface area contributed by atoms with E-state index in [0.29, 0.717) is 17.5 Å². The van der Waals surface area contributed by atoms with Crippen molar-refractivity contribution in [3.8, 4) is 11.4 Å². The summed E-state index contributed by atoms with van der Waals surface area (Å²) >= 11 is 0. The minimum absolute atomic E-state index is 0.117. The number of aryl methyl sites for hydroxylation is 2. The van der Waals surface area contributed by atoms with Gasteiger partial charge in [-0.3, -0.25) is 14.5 Å². The summed E-state index contributed by atoms with van der Waals surface area (Å²) in [5.41, 5.74) is 0.0870. The third-order valence-electron chi connectivity index (χ3n) is 3.72. The van der Waals surface area contributed by atoms with E-state index < -0.39 is 23.8 Å². The highest BCUT2D eigenvalue weighted by molar-refractivity contribution is 5.92. The Balaban J connectivity index is 1.75. The number of halogens is 3. The molecule has 3 aromatic heterocycles. The summed E-state index contributed by atoms with van der Waals surface area (Å²) in [7, 11) is 1.26. The van der Waals surface area contributed by atoms with Crippen LogP contribution in [0.2, 0.25) is 0 Å². The standard InChI is InChI=1S/C16H15F3N6O2/c1-8-6-10(4-5-20-8)13-22-15(27-24-13)9(2)21-14(26)11-7-12(16(17,18)19)23-25(11)3/h4-7,9H,1-3H3,(H,21,26). The van der Waals surface area contributed by atoms with Crippen LogP contribution in [0.4, 0.5) is 13.2 Å². The molecule has 0 aromatic carbocycles. The maximum Gasteiger partial charge on any atom is 0.435 e. The third-order valence-corrected chi connectivity index (χ3v) is 3.72. The quantitative estimate of drug-likeness (QED) is 0.747. The molecule has 1 amide bonds. The van der Waals surface area contributed by atoms with Crippen LogP contribution in [0.25, 0.3) is 11.4 Å². The number of hydrogen-bond donors (Lipinski definition) is 1. The Labute approximate surface area is 151 Å². The number of carbonyl (C=O) groups excluding carboxylic acids is 1. The average molecular weight is 380 g/mol. The largest absolute Gasteiger partial charge is 0.435 e. The maximum atomic E-state index is 12.7. The minimum atomic E-state index is -4.63. The predicted molar refractivity (Wildman–Crippen MR) is 86.4 cm³/mol. The van der Waals surface area contributed by atoms with Crippen LogP contribution in [-0.4, -0.2) is 30.8 Å². The molecule has 0 fully saturated rings. The molecule has 0 aliphatic carbocycles. The van der Waals surface area contributed by atoms with E-state index in [-0.39, 0.29) is 11.6 Å². The van der Waals surface area contributed by atoms with Gasteiger partial charge in [0, 0.05) is 30.6 Å². The Morgan fingerprint density at radius 1 is 1.33 bits per heavy atom. The van der Waals surface area contributed by atoms with Crippen molar-refractivity contribution in [2.24, 2.45) is 7.05 Å². The molecule has 0 aliphatic rings. The Bertz CT molecular complexity index is 979. The van der Waals surface area contributed by atoms with Gasteiger partial charge in [-0.2, -0.15) is 23.3 Å². The third kappa shape index (κ3) is 3.96. The molecule has 3 heterocycles. The van der Waals surface area contributed by atoms with E-state index in [1.165, 1.54) is 7.05 Å². The molecule has 1 N–H and O–H groups in total. The Kier molecular flexibility index (Phi) is 4.68. The van der Waals surface area contributed by atoms with Crippen molar-refractivity contribution in [3.05, 3.63) is 47.4 Å².